The van der Waals surface area contributed by atoms with Crippen LogP contribution in [0.2, 0.25) is 10.0 Å². The Morgan fingerprint density at radius 2 is 1.78 bits per heavy atom. The fourth-order valence-electron chi connectivity index (χ4n) is 2.41. The van der Waals surface area contributed by atoms with Crippen LogP contribution in [0.15, 0.2) is 42.5 Å². The molecule has 2 rings (SSSR count). The Morgan fingerprint density at radius 1 is 1.07 bits per heavy atom. The standard InChI is InChI=1S/C20H21Cl2NO4/c1-13(15-6-9-17(21)18(22)11-15)23-19(24)12-27-20(25)10-5-14-3-7-16(26-2)8-4-14/h3-4,6-9,11,13H,5,10,12H2,1-2H3,(H,23,24). The van der Waals surface area contributed by atoms with Crippen molar-refractivity contribution in [1.82, 2.24) is 5.32 Å². The number of ether oxygens (including phenoxy) is 2. The van der Waals surface area contributed by atoms with Gasteiger partial charge < -0.3 is 14.8 Å². The molecular formula is C20H21Cl2NO4. The second-order valence-electron chi connectivity index (χ2n) is 5.97. The quantitative estimate of drug-likeness (QED) is 0.657. The molecule has 1 N–H and O–H groups in total. The lowest BCUT2D eigenvalue weighted by Crippen LogP contribution is -2.31. The summed E-state index contributed by atoms with van der Waals surface area (Å²) in [6.45, 7) is 1.48. The third-order valence-corrected chi connectivity index (χ3v) is 4.70. The summed E-state index contributed by atoms with van der Waals surface area (Å²) in [7, 11) is 1.60. The SMILES string of the molecule is COc1ccc(CCC(=O)OCC(=O)NC(C)c2ccc(Cl)c(Cl)c2)cc1. The van der Waals surface area contributed by atoms with Gasteiger partial charge in [0.1, 0.15) is 5.75 Å². The maximum atomic E-state index is 12.0. The van der Waals surface area contributed by atoms with E-state index in [4.69, 9.17) is 32.7 Å². The molecule has 0 aliphatic carbocycles. The molecule has 0 saturated heterocycles. The van der Waals surface area contributed by atoms with E-state index in [9.17, 15) is 9.59 Å². The monoisotopic (exact) mass is 409 g/mol. The summed E-state index contributed by atoms with van der Waals surface area (Å²) in [6, 6.07) is 12.3. The molecule has 0 bridgehead atoms. The van der Waals surface area contributed by atoms with Crippen molar-refractivity contribution < 1.29 is 19.1 Å². The molecule has 1 atom stereocenters. The van der Waals surface area contributed by atoms with E-state index in [0.29, 0.717) is 16.5 Å². The fraction of sp³-hybridized carbons (Fsp3) is 0.300. The highest BCUT2D eigenvalue weighted by Gasteiger charge is 2.13. The second-order valence-corrected chi connectivity index (χ2v) is 6.79. The van der Waals surface area contributed by atoms with E-state index in [2.05, 4.69) is 5.32 Å². The Morgan fingerprint density at radius 3 is 2.41 bits per heavy atom. The summed E-state index contributed by atoms with van der Waals surface area (Å²) in [6.07, 6.45) is 0.728. The predicted molar refractivity (Wildman–Crippen MR) is 105 cm³/mol. The smallest absolute Gasteiger partial charge is 0.306 e. The first-order valence-electron chi connectivity index (χ1n) is 8.42. The Balaban J connectivity index is 1.73. The predicted octanol–water partition coefficient (Wildman–Crippen LogP) is 4.36. The first kappa shape index (κ1) is 21.1. The molecule has 2 aromatic carbocycles. The van der Waals surface area contributed by atoms with Gasteiger partial charge in [0, 0.05) is 6.42 Å². The molecule has 5 nitrogen and oxygen atoms in total. The largest absolute Gasteiger partial charge is 0.497 e. The molecule has 27 heavy (non-hydrogen) atoms. The van der Waals surface area contributed by atoms with Crippen molar-refractivity contribution in [3.63, 3.8) is 0 Å². The average molecular weight is 410 g/mol. The number of carbonyl (C=O) groups excluding carboxylic acids is 2. The topological polar surface area (TPSA) is 64.6 Å². The van der Waals surface area contributed by atoms with Crippen molar-refractivity contribution in [3.05, 3.63) is 63.6 Å². The molecule has 0 radical (unpaired) electrons. The van der Waals surface area contributed by atoms with Gasteiger partial charge in [0.15, 0.2) is 6.61 Å². The van der Waals surface area contributed by atoms with E-state index < -0.39 is 5.97 Å². The number of amides is 1. The van der Waals surface area contributed by atoms with Crippen LogP contribution in [0.4, 0.5) is 0 Å². The molecule has 0 spiro atoms. The summed E-state index contributed by atoms with van der Waals surface area (Å²) in [5, 5.41) is 3.62. The van der Waals surface area contributed by atoms with Crippen LogP contribution in [-0.2, 0) is 20.7 Å². The molecule has 7 heteroatoms. The number of hydrogen-bond acceptors (Lipinski definition) is 4. The van der Waals surface area contributed by atoms with Crippen LogP contribution >= 0.6 is 23.2 Å². The van der Waals surface area contributed by atoms with Gasteiger partial charge in [-0.25, -0.2) is 0 Å². The van der Waals surface area contributed by atoms with Crippen molar-refractivity contribution in [3.8, 4) is 5.75 Å². The van der Waals surface area contributed by atoms with E-state index in [1.807, 2.05) is 31.2 Å². The Bertz CT molecular complexity index is 793. The number of nitrogens with one attached hydrogen (secondary N) is 1. The minimum atomic E-state index is -0.428. The van der Waals surface area contributed by atoms with Gasteiger partial charge >= 0.3 is 5.97 Å². The number of esters is 1. The zero-order valence-electron chi connectivity index (χ0n) is 15.1. The number of methoxy groups -OCH3 is 1. The number of aryl methyl sites for hydroxylation is 1. The fourth-order valence-corrected chi connectivity index (χ4v) is 2.71. The van der Waals surface area contributed by atoms with Gasteiger partial charge in [-0.3, -0.25) is 9.59 Å². The highest BCUT2D eigenvalue weighted by Crippen LogP contribution is 2.25. The van der Waals surface area contributed by atoms with Crippen LogP contribution in [0.1, 0.15) is 30.5 Å². The Kier molecular flexibility index (Phi) is 7.95. The van der Waals surface area contributed by atoms with E-state index in [1.54, 1.807) is 25.3 Å². The maximum Gasteiger partial charge on any atom is 0.306 e. The van der Waals surface area contributed by atoms with Gasteiger partial charge in [-0.1, -0.05) is 41.4 Å². The maximum absolute atomic E-state index is 12.0. The van der Waals surface area contributed by atoms with Gasteiger partial charge in [0.25, 0.3) is 5.91 Å². The zero-order valence-corrected chi connectivity index (χ0v) is 16.6. The summed E-state index contributed by atoms with van der Waals surface area (Å²) in [4.78, 5) is 23.8. The third-order valence-electron chi connectivity index (χ3n) is 3.96. The van der Waals surface area contributed by atoms with Crippen LogP contribution in [0, 0.1) is 0 Å². The summed E-state index contributed by atoms with van der Waals surface area (Å²) in [5.74, 6) is -0.0522. The number of rotatable bonds is 8. The zero-order chi connectivity index (χ0) is 19.8. The number of carbonyl (C=O) groups is 2. The highest BCUT2D eigenvalue weighted by atomic mass is 35.5. The number of benzene rings is 2. The molecule has 0 aromatic heterocycles. The highest BCUT2D eigenvalue weighted by molar-refractivity contribution is 6.42. The lowest BCUT2D eigenvalue weighted by atomic mass is 10.1. The van der Waals surface area contributed by atoms with Crippen molar-refractivity contribution >= 4 is 35.1 Å². The Hall–Kier alpha value is -2.24. The van der Waals surface area contributed by atoms with Crippen LogP contribution in [0.25, 0.3) is 0 Å². The van der Waals surface area contributed by atoms with E-state index >= 15 is 0 Å². The molecule has 0 fully saturated rings. The first-order valence-corrected chi connectivity index (χ1v) is 9.17. The van der Waals surface area contributed by atoms with Gasteiger partial charge in [-0.15, -0.1) is 0 Å². The molecule has 1 unspecified atom stereocenters. The van der Waals surface area contributed by atoms with Crippen molar-refractivity contribution in [2.24, 2.45) is 0 Å². The average Bonchev–Trinajstić information content (AvgIpc) is 2.67. The molecule has 0 heterocycles. The second kappa shape index (κ2) is 10.2. The van der Waals surface area contributed by atoms with Gasteiger partial charge in [-0.05, 0) is 48.7 Å². The lowest BCUT2D eigenvalue weighted by Gasteiger charge is -2.15. The summed E-state index contributed by atoms with van der Waals surface area (Å²) < 4.78 is 10.1. The minimum Gasteiger partial charge on any atom is -0.497 e. The molecule has 0 aliphatic rings. The van der Waals surface area contributed by atoms with Crippen molar-refractivity contribution in [1.29, 1.82) is 0 Å². The molecule has 0 aliphatic heterocycles. The van der Waals surface area contributed by atoms with Crippen LogP contribution in [0.5, 0.6) is 5.75 Å². The van der Waals surface area contributed by atoms with Gasteiger partial charge in [-0.2, -0.15) is 0 Å². The van der Waals surface area contributed by atoms with Gasteiger partial charge in [0.2, 0.25) is 0 Å². The first-order chi connectivity index (χ1) is 12.9. The Labute approximate surface area is 168 Å². The van der Waals surface area contributed by atoms with E-state index in [1.165, 1.54) is 0 Å². The lowest BCUT2D eigenvalue weighted by molar-refractivity contribution is -0.148. The van der Waals surface area contributed by atoms with Crippen molar-refractivity contribution in [2.75, 3.05) is 13.7 Å². The summed E-state index contributed by atoms with van der Waals surface area (Å²) in [5.41, 5.74) is 1.80. The molecule has 2 aromatic rings. The van der Waals surface area contributed by atoms with E-state index in [-0.39, 0.29) is 25.0 Å². The molecule has 144 valence electrons. The normalized spacial score (nSPS) is 11.6. The minimum absolute atomic E-state index is 0.196. The van der Waals surface area contributed by atoms with E-state index in [0.717, 1.165) is 16.9 Å². The number of hydrogen-bond donors (Lipinski definition) is 1. The van der Waals surface area contributed by atoms with Crippen LogP contribution in [-0.4, -0.2) is 25.6 Å². The number of halogens is 2. The molecule has 0 saturated carbocycles. The van der Waals surface area contributed by atoms with Crippen LogP contribution < -0.4 is 10.1 Å². The summed E-state index contributed by atoms with van der Waals surface area (Å²) >= 11 is 11.9. The molecular weight excluding hydrogens is 389 g/mol. The van der Waals surface area contributed by atoms with Gasteiger partial charge in [0.05, 0.1) is 23.2 Å². The molecule has 1 amide bonds. The van der Waals surface area contributed by atoms with Crippen molar-refractivity contribution in [2.45, 2.75) is 25.8 Å². The third kappa shape index (κ3) is 6.77. The van der Waals surface area contributed by atoms with Crippen LogP contribution in [0.3, 0.4) is 0 Å².